The van der Waals surface area contributed by atoms with E-state index < -0.39 is 5.82 Å². The van der Waals surface area contributed by atoms with Crippen LogP contribution in [0.2, 0.25) is 0 Å². The molecule has 0 aliphatic carbocycles. The van der Waals surface area contributed by atoms with Gasteiger partial charge in [-0.25, -0.2) is 9.18 Å². The predicted octanol–water partition coefficient (Wildman–Crippen LogP) is 4.23. The van der Waals surface area contributed by atoms with Crippen LogP contribution in [0.25, 0.3) is 0 Å². The summed E-state index contributed by atoms with van der Waals surface area (Å²) < 4.78 is 13.2. The molecule has 0 radical (unpaired) electrons. The van der Waals surface area contributed by atoms with Gasteiger partial charge in [0.25, 0.3) is 0 Å². The first-order valence-electron chi connectivity index (χ1n) is 7.83. The van der Waals surface area contributed by atoms with Crippen LogP contribution in [0.5, 0.6) is 0 Å². The summed E-state index contributed by atoms with van der Waals surface area (Å²) in [4.78, 5) is 17.8. The van der Waals surface area contributed by atoms with Crippen molar-refractivity contribution < 1.29 is 9.18 Å². The molecule has 0 spiro atoms. The number of carbonyl (C=O) groups excluding carboxylic acids is 1. The van der Waals surface area contributed by atoms with Gasteiger partial charge in [-0.1, -0.05) is 32.2 Å². The van der Waals surface area contributed by atoms with Crippen molar-refractivity contribution in [3.8, 4) is 0 Å². The van der Waals surface area contributed by atoms with Gasteiger partial charge in [-0.15, -0.1) is 0 Å². The van der Waals surface area contributed by atoms with E-state index in [-0.39, 0.29) is 6.03 Å². The predicted molar refractivity (Wildman–Crippen MR) is 93.4 cm³/mol. The number of pyridine rings is 1. The molecule has 0 aromatic carbocycles. The van der Waals surface area contributed by atoms with E-state index in [1.54, 1.807) is 11.0 Å². The minimum atomic E-state index is -0.391. The number of hydrogen-bond acceptors (Lipinski definition) is 2. The van der Waals surface area contributed by atoms with Crippen molar-refractivity contribution in [1.29, 1.82) is 0 Å². The van der Waals surface area contributed by atoms with Crippen molar-refractivity contribution in [1.82, 2.24) is 15.2 Å². The number of halogens is 1. The van der Waals surface area contributed by atoms with Gasteiger partial charge in [0.2, 0.25) is 0 Å². The van der Waals surface area contributed by atoms with E-state index in [1.807, 2.05) is 13.0 Å². The monoisotopic (exact) mass is 327 g/mol. The van der Waals surface area contributed by atoms with Crippen molar-refractivity contribution in [3.63, 3.8) is 0 Å². The highest BCUT2D eigenvalue weighted by Gasteiger charge is 2.24. The van der Waals surface area contributed by atoms with E-state index in [1.165, 1.54) is 12.3 Å². The van der Waals surface area contributed by atoms with Crippen LogP contribution in [-0.4, -0.2) is 15.9 Å². The second-order valence-electron chi connectivity index (χ2n) is 5.72. The van der Waals surface area contributed by atoms with Crippen LogP contribution in [-0.2, 0) is 13.1 Å². The largest absolute Gasteiger partial charge is 0.322 e. The average Bonchev–Trinajstić information content (AvgIpc) is 2.96. The lowest BCUT2D eigenvalue weighted by atomic mass is 10.1. The number of amides is 2. The zero-order valence-electron chi connectivity index (χ0n) is 14.1. The van der Waals surface area contributed by atoms with Crippen LogP contribution < -0.4 is 5.32 Å². The number of urea groups is 1. The molecular weight excluding hydrogens is 305 g/mol. The molecule has 0 fully saturated rings. The molecule has 0 unspecified atom stereocenters. The third-order valence-corrected chi connectivity index (χ3v) is 3.79. The number of nitrogens with zero attached hydrogens (tertiary/aromatic N) is 2. The Balaban J connectivity index is 1.90. The van der Waals surface area contributed by atoms with Gasteiger partial charge >= 0.3 is 6.03 Å². The third kappa shape index (κ3) is 4.41. The number of hydrogen-bond donors (Lipinski definition) is 1. The first-order chi connectivity index (χ1) is 11.4. The lowest BCUT2D eigenvalue weighted by molar-refractivity contribution is 0.201. The highest BCUT2D eigenvalue weighted by Crippen LogP contribution is 2.21. The molecule has 0 saturated carbocycles. The number of rotatable bonds is 5. The quantitative estimate of drug-likeness (QED) is 0.823. The molecule has 5 heteroatoms. The fraction of sp³-hybridized carbons (Fsp3) is 0.263. The van der Waals surface area contributed by atoms with Crippen LogP contribution >= 0.6 is 0 Å². The molecule has 2 amide bonds. The smallest absolute Gasteiger partial charge is 0.314 e. The fourth-order valence-electron chi connectivity index (χ4n) is 2.40. The maximum atomic E-state index is 13.2. The summed E-state index contributed by atoms with van der Waals surface area (Å²) in [7, 11) is 0. The number of carbonyl (C=O) groups is 1. The molecule has 1 aliphatic heterocycles. The van der Waals surface area contributed by atoms with E-state index in [9.17, 15) is 9.18 Å². The summed E-state index contributed by atoms with van der Waals surface area (Å²) in [5.41, 5.74) is 3.90. The Morgan fingerprint density at radius 1 is 1.42 bits per heavy atom. The molecular formula is C19H22FN3O. The maximum Gasteiger partial charge on any atom is 0.322 e. The highest BCUT2D eigenvalue weighted by molar-refractivity contribution is 5.77. The van der Waals surface area contributed by atoms with Crippen LogP contribution in [0, 0.1) is 5.82 Å². The normalized spacial score (nSPS) is 14.0. The summed E-state index contributed by atoms with van der Waals surface area (Å²) >= 11 is 0. The molecule has 126 valence electrons. The number of fused-ring (bicyclic) bond motifs is 1. The second kappa shape index (κ2) is 7.73. The minimum Gasteiger partial charge on any atom is -0.314 e. The SMILES string of the molecule is C=C(/C=C\C(=C)/C(C)=C/CC)NC(=O)N1Cc2cc(F)cnc2C1. The van der Waals surface area contributed by atoms with E-state index in [2.05, 4.69) is 36.5 Å². The zero-order valence-corrected chi connectivity index (χ0v) is 14.1. The molecule has 1 aromatic rings. The summed E-state index contributed by atoms with van der Waals surface area (Å²) in [6.07, 6.45) is 7.73. The van der Waals surface area contributed by atoms with Crippen molar-refractivity contribution in [2.45, 2.75) is 33.4 Å². The van der Waals surface area contributed by atoms with Crippen LogP contribution in [0.1, 0.15) is 31.5 Å². The summed E-state index contributed by atoms with van der Waals surface area (Å²) in [6, 6.07) is 1.13. The second-order valence-corrected chi connectivity index (χ2v) is 5.72. The molecule has 2 heterocycles. The van der Waals surface area contributed by atoms with Crippen molar-refractivity contribution in [2.75, 3.05) is 0 Å². The van der Waals surface area contributed by atoms with Gasteiger partial charge in [-0.3, -0.25) is 4.98 Å². The van der Waals surface area contributed by atoms with Crippen LogP contribution in [0.3, 0.4) is 0 Å². The molecule has 0 bridgehead atoms. The first kappa shape index (κ1) is 17.7. The Hall–Kier alpha value is -2.69. The zero-order chi connectivity index (χ0) is 17.7. The molecule has 0 saturated heterocycles. The number of nitrogens with one attached hydrogen (secondary N) is 1. The lowest BCUT2D eigenvalue weighted by Crippen LogP contribution is -2.35. The maximum absolute atomic E-state index is 13.2. The van der Waals surface area contributed by atoms with E-state index in [4.69, 9.17) is 0 Å². The van der Waals surface area contributed by atoms with Crippen LogP contribution in [0.15, 0.2) is 60.5 Å². The Morgan fingerprint density at radius 2 is 2.17 bits per heavy atom. The Kier molecular flexibility index (Phi) is 5.68. The molecule has 0 atom stereocenters. The van der Waals surface area contributed by atoms with Gasteiger partial charge in [0.15, 0.2) is 0 Å². The highest BCUT2D eigenvalue weighted by atomic mass is 19.1. The molecule has 1 aliphatic rings. The summed E-state index contributed by atoms with van der Waals surface area (Å²) in [5.74, 6) is -0.391. The van der Waals surface area contributed by atoms with Gasteiger partial charge in [0.05, 0.1) is 18.4 Å². The van der Waals surface area contributed by atoms with Gasteiger partial charge in [0.1, 0.15) is 5.82 Å². The van der Waals surface area contributed by atoms with Crippen LogP contribution in [0.4, 0.5) is 9.18 Å². The summed E-state index contributed by atoms with van der Waals surface area (Å²) in [6.45, 7) is 12.6. The Bertz CT molecular complexity index is 734. The van der Waals surface area contributed by atoms with Crippen molar-refractivity contribution in [3.05, 3.63) is 77.6 Å². The Labute approximate surface area is 142 Å². The summed E-state index contributed by atoms with van der Waals surface area (Å²) in [5, 5.41) is 2.72. The first-order valence-corrected chi connectivity index (χ1v) is 7.83. The standard InChI is InChI=1S/C19H22FN3O/c1-5-6-13(2)14(3)7-8-15(4)22-19(24)23-11-16-9-17(20)10-21-18(16)12-23/h6-10H,3-5,11-12H2,1-2H3,(H,22,24)/b8-7-,13-6+. The third-order valence-electron chi connectivity index (χ3n) is 3.79. The molecule has 1 N–H and O–H groups in total. The lowest BCUT2D eigenvalue weighted by Gasteiger charge is -2.16. The molecule has 4 nitrogen and oxygen atoms in total. The van der Waals surface area contributed by atoms with Gasteiger partial charge < -0.3 is 10.2 Å². The minimum absolute atomic E-state index is 0.283. The fourth-order valence-corrected chi connectivity index (χ4v) is 2.40. The average molecular weight is 327 g/mol. The van der Waals surface area contributed by atoms with E-state index in [0.717, 1.165) is 28.8 Å². The van der Waals surface area contributed by atoms with E-state index >= 15 is 0 Å². The van der Waals surface area contributed by atoms with Crippen molar-refractivity contribution in [2.24, 2.45) is 0 Å². The molecule has 2 rings (SSSR count). The topological polar surface area (TPSA) is 45.2 Å². The van der Waals surface area contributed by atoms with Gasteiger partial charge in [-0.05, 0) is 42.2 Å². The van der Waals surface area contributed by atoms with E-state index in [0.29, 0.717) is 18.8 Å². The van der Waals surface area contributed by atoms with Crippen molar-refractivity contribution >= 4 is 6.03 Å². The number of aromatic nitrogens is 1. The number of allylic oxidation sites excluding steroid dienone is 5. The Morgan fingerprint density at radius 3 is 2.88 bits per heavy atom. The molecule has 24 heavy (non-hydrogen) atoms. The van der Waals surface area contributed by atoms with Gasteiger partial charge in [-0.2, -0.15) is 0 Å². The van der Waals surface area contributed by atoms with Gasteiger partial charge in [0, 0.05) is 12.2 Å². The molecule has 1 aromatic heterocycles.